The molecule has 1 atom stereocenters. The molecule has 0 amide bonds. The van der Waals surface area contributed by atoms with Gasteiger partial charge in [0.25, 0.3) is 0 Å². The number of aliphatic hydroxyl groups is 1. The highest BCUT2D eigenvalue weighted by atomic mass is 32.1. The smallest absolute Gasteiger partial charge is 0.137 e. The molecule has 0 aliphatic carbocycles. The van der Waals surface area contributed by atoms with Gasteiger partial charge in [-0.05, 0) is 31.5 Å². The van der Waals surface area contributed by atoms with Crippen molar-refractivity contribution in [2.45, 2.75) is 20.0 Å². The zero-order valence-electron chi connectivity index (χ0n) is 10.1. The fourth-order valence-electron chi connectivity index (χ4n) is 1.80. The maximum absolute atomic E-state index is 10.3. The first-order valence-electron chi connectivity index (χ1n) is 5.35. The second-order valence-corrected chi connectivity index (χ2v) is 5.39. The normalized spacial score (nSPS) is 12.5. The van der Waals surface area contributed by atoms with E-state index in [1.807, 2.05) is 26.0 Å². The van der Waals surface area contributed by atoms with Crippen molar-refractivity contribution < 1.29 is 9.84 Å². The lowest BCUT2D eigenvalue weighted by atomic mass is 10.0. The lowest BCUT2D eigenvalue weighted by Crippen LogP contribution is -2.01. The molecule has 4 heteroatoms. The average Bonchev–Trinajstić information content (AvgIpc) is 2.67. The number of ether oxygens (including phenoxy) is 1. The fourth-order valence-corrected chi connectivity index (χ4v) is 2.76. The highest BCUT2D eigenvalue weighted by Gasteiger charge is 2.16. The summed E-state index contributed by atoms with van der Waals surface area (Å²) in [4.78, 5) is 6.40. The van der Waals surface area contributed by atoms with Gasteiger partial charge in [0.1, 0.15) is 11.9 Å². The maximum atomic E-state index is 10.3. The zero-order valence-corrected chi connectivity index (χ0v) is 10.9. The Morgan fingerprint density at radius 3 is 2.65 bits per heavy atom. The summed E-state index contributed by atoms with van der Waals surface area (Å²) < 4.78 is 5.11. The van der Waals surface area contributed by atoms with Gasteiger partial charge in [0.05, 0.1) is 13.3 Å². The van der Waals surface area contributed by atoms with Gasteiger partial charge in [0.2, 0.25) is 0 Å². The fraction of sp³-hybridized carbons (Fsp3) is 0.308. The molecule has 2 aromatic heterocycles. The molecule has 2 rings (SSSR count). The van der Waals surface area contributed by atoms with Crippen LogP contribution >= 0.6 is 11.3 Å². The van der Waals surface area contributed by atoms with E-state index in [9.17, 15) is 5.11 Å². The van der Waals surface area contributed by atoms with Crippen LogP contribution in [-0.4, -0.2) is 17.2 Å². The SMILES string of the molecule is COc1cncc(C(O)c2cc(C)sc2C)c1. The second-order valence-electron chi connectivity index (χ2n) is 3.93. The topological polar surface area (TPSA) is 42.4 Å². The van der Waals surface area contributed by atoms with Crippen molar-refractivity contribution >= 4 is 11.3 Å². The van der Waals surface area contributed by atoms with Crippen molar-refractivity contribution in [2.75, 3.05) is 7.11 Å². The van der Waals surface area contributed by atoms with Crippen molar-refractivity contribution in [1.82, 2.24) is 4.98 Å². The third-order valence-corrected chi connectivity index (χ3v) is 3.64. The molecule has 0 saturated heterocycles. The maximum Gasteiger partial charge on any atom is 0.137 e. The Labute approximate surface area is 105 Å². The standard InChI is InChI=1S/C13H15NO2S/c1-8-4-12(9(2)17-8)13(15)10-5-11(16-3)7-14-6-10/h4-7,13,15H,1-3H3. The molecule has 0 aliphatic heterocycles. The van der Waals surface area contributed by atoms with Gasteiger partial charge in [-0.15, -0.1) is 11.3 Å². The Bertz CT molecular complexity index is 522. The van der Waals surface area contributed by atoms with Gasteiger partial charge >= 0.3 is 0 Å². The van der Waals surface area contributed by atoms with Crippen molar-refractivity contribution in [2.24, 2.45) is 0 Å². The van der Waals surface area contributed by atoms with Gasteiger partial charge in [-0.1, -0.05) is 0 Å². The number of aromatic nitrogens is 1. The van der Waals surface area contributed by atoms with Crippen LogP contribution in [0.3, 0.4) is 0 Å². The van der Waals surface area contributed by atoms with E-state index in [4.69, 9.17) is 4.74 Å². The number of aryl methyl sites for hydroxylation is 2. The number of hydrogen-bond donors (Lipinski definition) is 1. The third-order valence-electron chi connectivity index (χ3n) is 2.66. The summed E-state index contributed by atoms with van der Waals surface area (Å²) in [6.45, 7) is 4.06. The van der Waals surface area contributed by atoms with E-state index in [0.717, 1.165) is 16.0 Å². The lowest BCUT2D eigenvalue weighted by molar-refractivity contribution is 0.219. The van der Waals surface area contributed by atoms with Crippen LogP contribution in [0.1, 0.15) is 27.0 Å². The number of nitrogens with zero attached hydrogens (tertiary/aromatic N) is 1. The molecule has 1 N–H and O–H groups in total. The first kappa shape index (κ1) is 12.1. The lowest BCUT2D eigenvalue weighted by Gasteiger charge is -2.11. The zero-order chi connectivity index (χ0) is 12.4. The molecular formula is C13H15NO2S. The highest BCUT2D eigenvalue weighted by Crippen LogP contribution is 2.31. The molecule has 0 radical (unpaired) electrons. The van der Waals surface area contributed by atoms with Crippen molar-refractivity contribution in [3.63, 3.8) is 0 Å². The van der Waals surface area contributed by atoms with Gasteiger partial charge in [-0.3, -0.25) is 4.98 Å². The first-order valence-corrected chi connectivity index (χ1v) is 6.17. The quantitative estimate of drug-likeness (QED) is 0.909. The minimum Gasteiger partial charge on any atom is -0.495 e. The highest BCUT2D eigenvalue weighted by molar-refractivity contribution is 7.12. The van der Waals surface area contributed by atoms with Crippen molar-refractivity contribution in [3.8, 4) is 5.75 Å². The Hall–Kier alpha value is -1.39. The van der Waals surface area contributed by atoms with Crippen LogP contribution in [0.2, 0.25) is 0 Å². The van der Waals surface area contributed by atoms with Crippen LogP contribution in [0.5, 0.6) is 5.75 Å². The average molecular weight is 249 g/mol. The number of hydrogen-bond acceptors (Lipinski definition) is 4. The molecule has 90 valence electrons. The number of aliphatic hydroxyl groups excluding tert-OH is 1. The number of pyridine rings is 1. The largest absolute Gasteiger partial charge is 0.495 e. The van der Waals surface area contributed by atoms with Crippen LogP contribution in [0.25, 0.3) is 0 Å². The Kier molecular flexibility index (Phi) is 3.45. The molecule has 0 saturated carbocycles. The van der Waals surface area contributed by atoms with E-state index in [1.54, 1.807) is 30.8 Å². The van der Waals surface area contributed by atoms with Crippen molar-refractivity contribution in [1.29, 1.82) is 0 Å². The van der Waals surface area contributed by atoms with Crippen molar-refractivity contribution in [3.05, 3.63) is 45.4 Å². The summed E-state index contributed by atoms with van der Waals surface area (Å²) in [6, 6.07) is 3.83. The van der Waals surface area contributed by atoms with Crippen LogP contribution in [0.4, 0.5) is 0 Å². The summed E-state index contributed by atoms with van der Waals surface area (Å²) in [6.07, 6.45) is 2.66. The summed E-state index contributed by atoms with van der Waals surface area (Å²) in [5.41, 5.74) is 1.70. The Morgan fingerprint density at radius 1 is 1.29 bits per heavy atom. The number of rotatable bonds is 3. The van der Waals surface area contributed by atoms with Crippen LogP contribution in [-0.2, 0) is 0 Å². The van der Waals surface area contributed by atoms with Crippen LogP contribution < -0.4 is 4.74 Å². The van der Waals surface area contributed by atoms with Crippen LogP contribution in [0.15, 0.2) is 24.5 Å². The molecule has 2 heterocycles. The van der Waals surface area contributed by atoms with E-state index in [0.29, 0.717) is 5.75 Å². The molecule has 1 unspecified atom stereocenters. The molecule has 0 fully saturated rings. The molecule has 3 nitrogen and oxygen atoms in total. The molecule has 0 bridgehead atoms. The van der Waals surface area contributed by atoms with E-state index in [-0.39, 0.29) is 0 Å². The van der Waals surface area contributed by atoms with E-state index < -0.39 is 6.10 Å². The minimum absolute atomic E-state index is 0.637. The van der Waals surface area contributed by atoms with E-state index in [2.05, 4.69) is 4.98 Å². The molecule has 0 aliphatic rings. The van der Waals surface area contributed by atoms with E-state index in [1.165, 1.54) is 4.88 Å². The Morgan fingerprint density at radius 2 is 2.06 bits per heavy atom. The third kappa shape index (κ3) is 2.48. The Balaban J connectivity index is 2.36. The monoisotopic (exact) mass is 249 g/mol. The molecular weight excluding hydrogens is 234 g/mol. The van der Waals surface area contributed by atoms with Gasteiger partial charge in [-0.25, -0.2) is 0 Å². The summed E-state index contributed by atoms with van der Waals surface area (Å²) in [7, 11) is 1.59. The van der Waals surface area contributed by atoms with Gasteiger partial charge in [0.15, 0.2) is 0 Å². The van der Waals surface area contributed by atoms with Gasteiger partial charge < -0.3 is 9.84 Å². The molecule has 0 aromatic carbocycles. The van der Waals surface area contributed by atoms with E-state index >= 15 is 0 Å². The molecule has 2 aromatic rings. The van der Waals surface area contributed by atoms with Gasteiger partial charge in [-0.2, -0.15) is 0 Å². The predicted molar refractivity (Wildman–Crippen MR) is 68.6 cm³/mol. The van der Waals surface area contributed by atoms with Gasteiger partial charge in [0, 0.05) is 21.5 Å². The summed E-state index contributed by atoms with van der Waals surface area (Å²) in [5.74, 6) is 0.658. The minimum atomic E-state index is -0.637. The summed E-state index contributed by atoms with van der Waals surface area (Å²) in [5, 5.41) is 10.3. The molecule has 17 heavy (non-hydrogen) atoms. The first-order chi connectivity index (χ1) is 8.11. The predicted octanol–water partition coefficient (Wildman–Crippen LogP) is 2.85. The molecule has 0 spiro atoms. The second kappa shape index (κ2) is 4.85. The number of thiophene rings is 1. The summed E-state index contributed by atoms with van der Waals surface area (Å²) >= 11 is 1.69. The number of methoxy groups -OCH3 is 1. The van der Waals surface area contributed by atoms with Crippen LogP contribution in [0, 0.1) is 13.8 Å².